The molecule has 0 fully saturated rings. The van der Waals surface area contributed by atoms with Gasteiger partial charge in [-0.25, -0.2) is 13.1 Å². The highest BCUT2D eigenvalue weighted by Crippen LogP contribution is 2.15. The van der Waals surface area contributed by atoms with Crippen molar-refractivity contribution in [2.24, 2.45) is 0 Å². The van der Waals surface area contributed by atoms with Gasteiger partial charge in [-0.15, -0.1) is 0 Å². The van der Waals surface area contributed by atoms with E-state index in [0.29, 0.717) is 13.0 Å². The van der Waals surface area contributed by atoms with Crippen molar-refractivity contribution in [3.05, 3.63) is 64.6 Å². The molecule has 19 heavy (non-hydrogen) atoms. The van der Waals surface area contributed by atoms with Gasteiger partial charge in [-0.05, 0) is 30.2 Å². The zero-order valence-electron chi connectivity index (χ0n) is 10.2. The van der Waals surface area contributed by atoms with Gasteiger partial charge in [0.15, 0.2) is 0 Å². The van der Waals surface area contributed by atoms with Crippen LogP contribution >= 0.6 is 15.9 Å². The average Bonchev–Trinajstić information content (AvgIpc) is 2.40. The lowest BCUT2D eigenvalue weighted by Crippen LogP contribution is -2.25. The Hall–Kier alpha value is -1.17. The molecule has 0 amide bonds. The van der Waals surface area contributed by atoms with E-state index in [0.717, 1.165) is 10.0 Å². The van der Waals surface area contributed by atoms with Crippen LogP contribution in [0, 0.1) is 0 Å². The topological polar surface area (TPSA) is 46.2 Å². The summed E-state index contributed by atoms with van der Waals surface area (Å²) in [6, 6.07) is 16.4. The summed E-state index contributed by atoms with van der Waals surface area (Å²) in [5, 5.41) is 0. The van der Waals surface area contributed by atoms with Crippen LogP contribution in [-0.4, -0.2) is 15.0 Å². The van der Waals surface area contributed by atoms with Crippen LogP contribution in [0.3, 0.4) is 0 Å². The van der Waals surface area contributed by atoms with Crippen molar-refractivity contribution in [1.29, 1.82) is 0 Å². The molecule has 0 saturated carbocycles. The van der Waals surface area contributed by atoms with E-state index in [1.165, 1.54) is 0 Å². The third-order valence-electron chi connectivity index (χ3n) is 2.65. The van der Waals surface area contributed by atoms with Crippen molar-refractivity contribution in [3.8, 4) is 0 Å². The zero-order valence-corrected chi connectivity index (χ0v) is 12.6. The van der Waals surface area contributed by atoms with Crippen molar-refractivity contribution in [2.75, 3.05) is 6.54 Å². The molecule has 0 aliphatic carbocycles. The van der Waals surface area contributed by atoms with E-state index in [4.69, 9.17) is 0 Å². The van der Waals surface area contributed by atoms with Crippen molar-refractivity contribution in [1.82, 2.24) is 4.72 Å². The Morgan fingerprint density at radius 1 is 1.00 bits per heavy atom. The van der Waals surface area contributed by atoms with Gasteiger partial charge in [0.25, 0.3) is 0 Å². The molecular weight excluding hydrogens is 326 g/mol. The van der Waals surface area contributed by atoms with Crippen molar-refractivity contribution < 1.29 is 8.42 Å². The Bertz CT molecular complexity index is 642. The summed E-state index contributed by atoms with van der Waals surface area (Å²) in [5.41, 5.74) is 1.11. The second-order valence-electron chi connectivity index (χ2n) is 4.09. The number of benzene rings is 2. The Morgan fingerprint density at radius 3 is 2.42 bits per heavy atom. The van der Waals surface area contributed by atoms with Gasteiger partial charge < -0.3 is 0 Å². The molecule has 0 saturated heterocycles. The summed E-state index contributed by atoms with van der Waals surface area (Å²) in [4.78, 5) is 0.273. The SMILES string of the molecule is O=S(=O)(NCCc1ccccc1)c1cccc(Br)c1. The van der Waals surface area contributed by atoms with Crippen molar-refractivity contribution in [2.45, 2.75) is 11.3 Å². The number of nitrogens with one attached hydrogen (secondary N) is 1. The van der Waals surface area contributed by atoms with Crippen LogP contribution in [0.5, 0.6) is 0 Å². The Labute approximate surface area is 121 Å². The van der Waals surface area contributed by atoms with Gasteiger partial charge in [0, 0.05) is 11.0 Å². The number of halogens is 1. The number of sulfonamides is 1. The molecule has 0 spiro atoms. The van der Waals surface area contributed by atoms with Crippen LogP contribution in [0.4, 0.5) is 0 Å². The van der Waals surface area contributed by atoms with Gasteiger partial charge in [0.2, 0.25) is 10.0 Å². The molecule has 0 unspecified atom stereocenters. The molecule has 3 nitrogen and oxygen atoms in total. The summed E-state index contributed by atoms with van der Waals surface area (Å²) in [6.07, 6.45) is 0.675. The largest absolute Gasteiger partial charge is 0.240 e. The molecule has 0 aromatic heterocycles. The predicted molar refractivity (Wildman–Crippen MR) is 79.5 cm³/mol. The van der Waals surface area contributed by atoms with Gasteiger partial charge in [0.1, 0.15) is 0 Å². The molecule has 0 bridgehead atoms. The van der Waals surface area contributed by atoms with E-state index >= 15 is 0 Å². The minimum atomic E-state index is -3.43. The van der Waals surface area contributed by atoms with Crippen molar-refractivity contribution in [3.63, 3.8) is 0 Å². The molecule has 1 N–H and O–H groups in total. The van der Waals surface area contributed by atoms with E-state index in [2.05, 4.69) is 20.7 Å². The van der Waals surface area contributed by atoms with E-state index in [1.54, 1.807) is 24.3 Å². The second-order valence-corrected chi connectivity index (χ2v) is 6.77. The molecule has 0 aliphatic heterocycles. The molecule has 2 aromatic carbocycles. The predicted octanol–water partition coefficient (Wildman–Crippen LogP) is 2.97. The first-order valence-corrected chi connectivity index (χ1v) is 8.15. The summed E-state index contributed by atoms with van der Waals surface area (Å²) in [7, 11) is -3.43. The fraction of sp³-hybridized carbons (Fsp3) is 0.143. The van der Waals surface area contributed by atoms with E-state index < -0.39 is 10.0 Å². The lowest BCUT2D eigenvalue weighted by atomic mass is 10.2. The number of hydrogen-bond acceptors (Lipinski definition) is 2. The van der Waals surface area contributed by atoms with E-state index in [-0.39, 0.29) is 4.90 Å². The molecular formula is C14H14BrNO2S. The minimum absolute atomic E-state index is 0.273. The minimum Gasteiger partial charge on any atom is -0.211 e. The summed E-state index contributed by atoms with van der Waals surface area (Å²) in [5.74, 6) is 0. The first-order chi connectivity index (χ1) is 9.08. The van der Waals surface area contributed by atoms with Crippen molar-refractivity contribution >= 4 is 26.0 Å². The fourth-order valence-electron chi connectivity index (χ4n) is 1.69. The highest BCUT2D eigenvalue weighted by Gasteiger charge is 2.13. The van der Waals surface area contributed by atoms with E-state index in [9.17, 15) is 8.42 Å². The smallest absolute Gasteiger partial charge is 0.211 e. The molecule has 0 heterocycles. The summed E-state index contributed by atoms with van der Waals surface area (Å²) in [6.45, 7) is 0.388. The number of rotatable bonds is 5. The highest BCUT2D eigenvalue weighted by atomic mass is 79.9. The molecule has 5 heteroatoms. The third-order valence-corrected chi connectivity index (χ3v) is 4.61. The molecule has 0 aliphatic rings. The van der Waals surface area contributed by atoms with Gasteiger partial charge in [-0.1, -0.05) is 52.3 Å². The highest BCUT2D eigenvalue weighted by molar-refractivity contribution is 9.10. The normalized spacial score (nSPS) is 11.4. The quantitative estimate of drug-likeness (QED) is 0.910. The van der Waals surface area contributed by atoms with Crippen LogP contribution in [0.1, 0.15) is 5.56 Å². The van der Waals surface area contributed by atoms with Crippen LogP contribution in [0.15, 0.2) is 64.0 Å². The Morgan fingerprint density at radius 2 is 1.74 bits per heavy atom. The van der Waals surface area contributed by atoms with Crippen LogP contribution in [0.25, 0.3) is 0 Å². The monoisotopic (exact) mass is 339 g/mol. The van der Waals surface area contributed by atoms with Gasteiger partial charge in [0.05, 0.1) is 4.90 Å². The fourth-order valence-corrected chi connectivity index (χ4v) is 3.32. The maximum absolute atomic E-state index is 12.0. The standard InChI is InChI=1S/C14H14BrNO2S/c15-13-7-4-8-14(11-13)19(17,18)16-10-9-12-5-2-1-3-6-12/h1-8,11,16H,9-10H2. The molecule has 2 aromatic rings. The van der Waals surface area contributed by atoms with Crippen LogP contribution in [-0.2, 0) is 16.4 Å². The Kier molecular flexibility index (Phi) is 4.74. The average molecular weight is 340 g/mol. The maximum Gasteiger partial charge on any atom is 0.240 e. The van der Waals surface area contributed by atoms with Gasteiger partial charge in [-0.3, -0.25) is 0 Å². The Balaban J connectivity index is 1.99. The first kappa shape index (κ1) is 14.2. The summed E-state index contributed by atoms with van der Waals surface area (Å²) >= 11 is 3.27. The number of hydrogen-bond donors (Lipinski definition) is 1. The molecule has 2 rings (SSSR count). The second kappa shape index (κ2) is 6.32. The van der Waals surface area contributed by atoms with E-state index in [1.807, 2.05) is 30.3 Å². The lowest BCUT2D eigenvalue weighted by molar-refractivity contribution is 0.581. The molecule has 0 atom stereocenters. The zero-order chi connectivity index (χ0) is 13.7. The summed E-state index contributed by atoms with van der Waals surface area (Å²) < 4.78 is 27.4. The molecule has 0 radical (unpaired) electrons. The first-order valence-electron chi connectivity index (χ1n) is 5.87. The third kappa shape index (κ3) is 4.16. The van der Waals surface area contributed by atoms with Gasteiger partial charge >= 0.3 is 0 Å². The van der Waals surface area contributed by atoms with Crippen LogP contribution in [0.2, 0.25) is 0 Å². The molecule has 100 valence electrons. The maximum atomic E-state index is 12.0. The van der Waals surface area contributed by atoms with Gasteiger partial charge in [-0.2, -0.15) is 0 Å². The van der Waals surface area contributed by atoms with Crippen LogP contribution < -0.4 is 4.72 Å². The lowest BCUT2D eigenvalue weighted by Gasteiger charge is -2.07.